The Bertz CT molecular complexity index is 1230. The van der Waals surface area contributed by atoms with Gasteiger partial charge < -0.3 is 19.3 Å². The third kappa shape index (κ3) is 5.48. The highest BCUT2D eigenvalue weighted by Gasteiger charge is 2.55. The van der Waals surface area contributed by atoms with Crippen molar-refractivity contribution in [2.75, 3.05) is 25.4 Å². The van der Waals surface area contributed by atoms with Crippen molar-refractivity contribution in [3.8, 4) is 0 Å². The summed E-state index contributed by atoms with van der Waals surface area (Å²) in [5, 5.41) is 3.84. The second-order valence-corrected chi connectivity index (χ2v) is 23.0. The molecule has 2 aromatic heterocycles. The third-order valence-corrected chi connectivity index (χ3v) is 17.6. The average Bonchev–Trinajstić information content (AvgIpc) is 3.44. The molecule has 14 heteroatoms. The number of nitrogens with zero attached hydrogens (tertiary/aromatic N) is 8. The van der Waals surface area contributed by atoms with Crippen molar-refractivity contribution in [1.29, 1.82) is 0 Å². The van der Waals surface area contributed by atoms with Crippen LogP contribution in [0.5, 0.6) is 0 Å². The van der Waals surface area contributed by atoms with Gasteiger partial charge in [-0.25, -0.2) is 15.0 Å². The molecule has 38 heavy (non-hydrogen) atoms. The van der Waals surface area contributed by atoms with Gasteiger partial charge in [-0.2, -0.15) is 0 Å². The highest BCUT2D eigenvalue weighted by molar-refractivity contribution is 6.74. The Labute approximate surface area is 227 Å². The van der Waals surface area contributed by atoms with Crippen LogP contribution in [0.3, 0.4) is 0 Å². The topological polar surface area (TPSA) is 149 Å². The maximum atomic E-state index is 9.36. The van der Waals surface area contributed by atoms with E-state index in [4.69, 9.17) is 19.3 Å². The maximum Gasteiger partial charge on any atom is 0.201 e. The summed E-state index contributed by atoms with van der Waals surface area (Å²) < 4.78 is 22.8. The van der Waals surface area contributed by atoms with Gasteiger partial charge in [-0.3, -0.25) is 9.47 Å². The molecule has 0 spiro atoms. The first-order chi connectivity index (χ1) is 17.5. The van der Waals surface area contributed by atoms with E-state index in [2.05, 4.69) is 97.6 Å². The van der Waals surface area contributed by atoms with Gasteiger partial charge in [0, 0.05) is 24.5 Å². The van der Waals surface area contributed by atoms with Crippen molar-refractivity contribution in [2.45, 2.75) is 102 Å². The Morgan fingerprint density at radius 1 is 1.05 bits per heavy atom. The first-order valence-electron chi connectivity index (χ1n) is 13.2. The lowest BCUT2D eigenvalue weighted by Gasteiger charge is -2.44. The van der Waals surface area contributed by atoms with Crippen LogP contribution in [0.2, 0.25) is 36.3 Å². The molecule has 4 atom stereocenters. The van der Waals surface area contributed by atoms with Crippen LogP contribution in [0.4, 0.5) is 11.8 Å². The molecule has 2 aromatic rings. The average molecular weight is 562 g/mol. The van der Waals surface area contributed by atoms with E-state index in [1.54, 1.807) is 4.57 Å². The Morgan fingerprint density at radius 2 is 1.63 bits per heavy atom. The van der Waals surface area contributed by atoms with Crippen LogP contribution in [0.15, 0.2) is 11.4 Å². The fourth-order valence-electron chi connectivity index (χ4n) is 4.13. The summed E-state index contributed by atoms with van der Waals surface area (Å²) in [5.74, 6) is 0.319. The van der Waals surface area contributed by atoms with Gasteiger partial charge >= 0.3 is 0 Å². The SMILES string of the molecule is CC(C)(C)[Si](C)(C)OC1[C@@H](O[Si](C)(C)C(C)(C)C)[C@@H](CN2CC2)O[C@H]1n1c(N=[N+]=[N-])nc2c(N)ncnc21. The van der Waals surface area contributed by atoms with Gasteiger partial charge in [0.15, 0.2) is 39.8 Å². The van der Waals surface area contributed by atoms with Gasteiger partial charge in [0.2, 0.25) is 5.95 Å². The molecule has 0 saturated carbocycles. The molecule has 0 aromatic carbocycles. The van der Waals surface area contributed by atoms with Crippen molar-refractivity contribution >= 4 is 39.6 Å². The van der Waals surface area contributed by atoms with E-state index < -0.39 is 29.0 Å². The minimum absolute atomic E-state index is 0.00331. The molecule has 0 aliphatic carbocycles. The molecule has 2 aliphatic heterocycles. The van der Waals surface area contributed by atoms with E-state index >= 15 is 0 Å². The first-order valence-corrected chi connectivity index (χ1v) is 19.1. The maximum absolute atomic E-state index is 9.36. The van der Waals surface area contributed by atoms with Gasteiger partial charge in [-0.05, 0) is 46.9 Å². The number of ether oxygens (including phenoxy) is 1. The van der Waals surface area contributed by atoms with Crippen LogP contribution in [0.1, 0.15) is 47.8 Å². The van der Waals surface area contributed by atoms with Crippen LogP contribution in [-0.2, 0) is 13.6 Å². The highest BCUT2D eigenvalue weighted by atomic mass is 28.4. The normalized spacial score (nSPS) is 25.1. The van der Waals surface area contributed by atoms with Crippen molar-refractivity contribution in [2.24, 2.45) is 5.11 Å². The Morgan fingerprint density at radius 3 is 2.16 bits per heavy atom. The Balaban J connectivity index is 1.89. The minimum Gasteiger partial charge on any atom is -0.408 e. The third-order valence-electron chi connectivity index (χ3n) is 8.61. The fourth-order valence-corrected chi connectivity index (χ4v) is 6.74. The molecule has 210 valence electrons. The van der Waals surface area contributed by atoms with Crippen LogP contribution in [0.25, 0.3) is 21.6 Å². The standard InChI is InChI=1S/C24H43N9O3Si2/c1-23(2,3)37(7,8)35-17-15(13-32-11-12-32)34-21(18(17)36-38(9,10)24(4,5)6)33-20-16(19(25)27-14-28-20)29-22(33)30-31-26/h14-15,17-18,21H,11-13H2,1-10H3,(H2,25,27,28)/t15-,17+,18?,21-/m1/s1. The molecule has 4 rings (SSSR count). The summed E-state index contributed by atoms with van der Waals surface area (Å²) in [6.07, 6.45) is -0.348. The zero-order valence-corrected chi connectivity index (χ0v) is 26.4. The molecular formula is C24H43N9O3Si2. The number of fused-ring (bicyclic) bond motifs is 1. The van der Waals surface area contributed by atoms with Gasteiger partial charge in [0.25, 0.3) is 0 Å². The quantitative estimate of drug-likeness (QED) is 0.149. The summed E-state index contributed by atoms with van der Waals surface area (Å²) in [6, 6.07) is 0. The summed E-state index contributed by atoms with van der Waals surface area (Å²) in [4.78, 5) is 18.4. The molecule has 2 N–H and O–H groups in total. The van der Waals surface area contributed by atoms with E-state index in [1.165, 1.54) is 6.33 Å². The summed E-state index contributed by atoms with van der Waals surface area (Å²) in [5.41, 5.74) is 16.3. The van der Waals surface area contributed by atoms with Crippen molar-refractivity contribution < 1.29 is 13.6 Å². The Hall–Kier alpha value is -2.07. The lowest BCUT2D eigenvalue weighted by Crippen LogP contribution is -2.54. The first kappa shape index (κ1) is 28.9. The fraction of sp³-hybridized carbons (Fsp3) is 0.792. The number of nitrogen functional groups attached to an aromatic ring is 1. The van der Waals surface area contributed by atoms with Crippen molar-refractivity contribution in [1.82, 2.24) is 24.4 Å². The summed E-state index contributed by atoms with van der Waals surface area (Å²) in [7, 11) is -4.54. The second kappa shape index (κ2) is 9.84. The molecular weight excluding hydrogens is 518 g/mol. The lowest BCUT2D eigenvalue weighted by molar-refractivity contribution is -0.0337. The number of aromatic nitrogens is 4. The predicted molar refractivity (Wildman–Crippen MR) is 153 cm³/mol. The molecule has 0 radical (unpaired) electrons. The minimum atomic E-state index is -2.31. The summed E-state index contributed by atoms with van der Waals surface area (Å²) in [6.45, 7) is 25.1. The number of azide groups is 1. The van der Waals surface area contributed by atoms with Crippen LogP contribution in [-0.4, -0.2) is 79.0 Å². The molecule has 0 amide bonds. The van der Waals surface area contributed by atoms with E-state index in [9.17, 15) is 5.53 Å². The smallest absolute Gasteiger partial charge is 0.201 e. The molecule has 4 heterocycles. The second-order valence-electron chi connectivity index (χ2n) is 13.5. The zero-order valence-electron chi connectivity index (χ0n) is 24.4. The van der Waals surface area contributed by atoms with Gasteiger partial charge in [0.05, 0.1) is 0 Å². The number of hydrogen-bond acceptors (Lipinski definition) is 9. The molecule has 0 bridgehead atoms. The van der Waals surface area contributed by atoms with Crippen LogP contribution in [0, 0.1) is 0 Å². The van der Waals surface area contributed by atoms with Crippen LogP contribution < -0.4 is 5.73 Å². The van der Waals surface area contributed by atoms with E-state index in [-0.39, 0.29) is 34.1 Å². The van der Waals surface area contributed by atoms with Gasteiger partial charge in [-0.15, -0.1) is 0 Å². The molecule has 2 aliphatic rings. The van der Waals surface area contributed by atoms with E-state index in [0.717, 1.165) is 19.6 Å². The molecule has 2 fully saturated rings. The number of rotatable bonds is 8. The van der Waals surface area contributed by atoms with Crippen molar-refractivity contribution in [3.05, 3.63) is 16.8 Å². The van der Waals surface area contributed by atoms with Crippen LogP contribution >= 0.6 is 0 Å². The van der Waals surface area contributed by atoms with Crippen molar-refractivity contribution in [3.63, 3.8) is 0 Å². The number of hydrogen-bond donors (Lipinski definition) is 1. The summed E-state index contributed by atoms with van der Waals surface area (Å²) >= 11 is 0. The van der Waals surface area contributed by atoms with Gasteiger partial charge in [-0.1, -0.05) is 41.5 Å². The predicted octanol–water partition coefficient (Wildman–Crippen LogP) is 5.34. The number of nitrogens with two attached hydrogens (primary N) is 1. The van der Waals surface area contributed by atoms with Gasteiger partial charge in [0.1, 0.15) is 24.6 Å². The molecule has 1 unspecified atom stereocenters. The highest BCUT2D eigenvalue weighted by Crippen LogP contribution is 2.47. The van der Waals surface area contributed by atoms with E-state index in [1.807, 2.05) is 0 Å². The zero-order chi connectivity index (χ0) is 28.3. The lowest BCUT2D eigenvalue weighted by atomic mass is 10.1. The molecule has 12 nitrogen and oxygen atoms in total. The number of imidazole rings is 1. The molecule has 2 saturated heterocycles. The Kier molecular flexibility index (Phi) is 7.49. The monoisotopic (exact) mass is 561 g/mol. The number of anilines is 1. The van der Waals surface area contributed by atoms with E-state index in [0.29, 0.717) is 11.2 Å². The largest absolute Gasteiger partial charge is 0.408 e.